The van der Waals surface area contributed by atoms with Crippen LogP contribution >= 0.6 is 0 Å². The minimum Gasteiger partial charge on any atom is -0.481 e. The van der Waals surface area contributed by atoms with Crippen LogP contribution in [0, 0.1) is 4.91 Å². The molecule has 0 aromatic carbocycles. The molecule has 0 aliphatic carbocycles. The van der Waals surface area contributed by atoms with Gasteiger partial charge in [0.05, 0.1) is 11.3 Å². The van der Waals surface area contributed by atoms with Crippen LogP contribution in [0.25, 0.3) is 0 Å². The summed E-state index contributed by atoms with van der Waals surface area (Å²) in [7, 11) is 0. The molecule has 1 N–H and O–H groups in total. The molecule has 0 spiro atoms. The van der Waals surface area contributed by atoms with E-state index in [0.717, 1.165) is 12.8 Å². The SMILES string of the molecule is O=NN1CCCC1CCC(=O)O. The molecule has 1 aliphatic heterocycles. The van der Waals surface area contributed by atoms with Crippen molar-refractivity contribution < 1.29 is 9.90 Å². The Balaban J connectivity index is 2.30. The van der Waals surface area contributed by atoms with Gasteiger partial charge in [-0.3, -0.25) is 9.80 Å². The van der Waals surface area contributed by atoms with Crippen LogP contribution in [0.1, 0.15) is 25.7 Å². The molecule has 0 radical (unpaired) electrons. The van der Waals surface area contributed by atoms with Crippen LogP contribution in [0.4, 0.5) is 0 Å². The Morgan fingerprint density at radius 3 is 3.00 bits per heavy atom. The molecule has 68 valence electrons. The molecule has 0 bridgehead atoms. The predicted molar refractivity (Wildman–Crippen MR) is 42.4 cm³/mol. The van der Waals surface area contributed by atoms with E-state index in [1.54, 1.807) is 0 Å². The molecule has 1 rings (SSSR count). The number of hydrogen-bond acceptors (Lipinski definition) is 3. The Morgan fingerprint density at radius 2 is 2.42 bits per heavy atom. The molecule has 0 aromatic rings. The van der Waals surface area contributed by atoms with Crippen LogP contribution in [0.2, 0.25) is 0 Å². The minimum absolute atomic E-state index is 0.0543. The molecule has 1 unspecified atom stereocenters. The third-order valence-corrected chi connectivity index (χ3v) is 2.14. The van der Waals surface area contributed by atoms with Crippen LogP contribution in [0.15, 0.2) is 5.29 Å². The summed E-state index contributed by atoms with van der Waals surface area (Å²) >= 11 is 0. The van der Waals surface area contributed by atoms with Gasteiger partial charge in [0.1, 0.15) is 0 Å². The summed E-state index contributed by atoms with van der Waals surface area (Å²) in [5, 5.41) is 12.7. The monoisotopic (exact) mass is 172 g/mol. The zero-order chi connectivity index (χ0) is 8.97. The summed E-state index contributed by atoms with van der Waals surface area (Å²) in [6.07, 6.45) is 2.48. The van der Waals surface area contributed by atoms with Crippen LogP contribution in [0.5, 0.6) is 0 Å². The highest BCUT2D eigenvalue weighted by Crippen LogP contribution is 2.20. The lowest BCUT2D eigenvalue weighted by atomic mass is 10.1. The lowest BCUT2D eigenvalue weighted by molar-refractivity contribution is -0.137. The fourth-order valence-corrected chi connectivity index (χ4v) is 1.51. The van der Waals surface area contributed by atoms with Crippen molar-refractivity contribution in [2.24, 2.45) is 5.29 Å². The van der Waals surface area contributed by atoms with Gasteiger partial charge in [-0.25, -0.2) is 0 Å². The molecule has 1 atom stereocenters. The normalized spacial score (nSPS) is 22.7. The molecule has 0 amide bonds. The Morgan fingerprint density at radius 1 is 1.67 bits per heavy atom. The molecule has 5 nitrogen and oxygen atoms in total. The zero-order valence-corrected chi connectivity index (χ0v) is 6.77. The summed E-state index contributed by atoms with van der Waals surface area (Å²) in [5.74, 6) is -0.812. The fourth-order valence-electron chi connectivity index (χ4n) is 1.51. The second kappa shape index (κ2) is 4.04. The quantitative estimate of drug-likeness (QED) is 0.642. The summed E-state index contributed by atoms with van der Waals surface area (Å²) in [6, 6.07) is 0.0543. The first-order valence-corrected chi connectivity index (χ1v) is 4.05. The van der Waals surface area contributed by atoms with Crippen LogP contribution < -0.4 is 0 Å². The van der Waals surface area contributed by atoms with Crippen molar-refractivity contribution in [3.8, 4) is 0 Å². The van der Waals surface area contributed by atoms with Crippen molar-refractivity contribution in [3.05, 3.63) is 4.91 Å². The van der Waals surface area contributed by atoms with E-state index in [0.29, 0.717) is 13.0 Å². The number of aliphatic carboxylic acids is 1. The van der Waals surface area contributed by atoms with E-state index in [1.165, 1.54) is 5.01 Å². The van der Waals surface area contributed by atoms with Gasteiger partial charge in [-0.2, -0.15) is 0 Å². The highest BCUT2D eigenvalue weighted by molar-refractivity contribution is 5.66. The van der Waals surface area contributed by atoms with Crippen molar-refractivity contribution in [1.82, 2.24) is 5.01 Å². The first-order valence-electron chi connectivity index (χ1n) is 4.05. The molecule has 1 saturated heterocycles. The van der Waals surface area contributed by atoms with Gasteiger partial charge in [0.2, 0.25) is 0 Å². The van der Waals surface area contributed by atoms with Gasteiger partial charge in [-0.05, 0) is 19.3 Å². The highest BCUT2D eigenvalue weighted by Gasteiger charge is 2.24. The van der Waals surface area contributed by atoms with Gasteiger partial charge < -0.3 is 5.11 Å². The van der Waals surface area contributed by atoms with Gasteiger partial charge in [0, 0.05) is 13.0 Å². The standard InChI is InChI=1S/C7H12N2O3/c10-7(11)4-3-6-2-1-5-9(6)8-12/h6H,1-5H2,(H,10,11). The zero-order valence-electron chi connectivity index (χ0n) is 6.77. The van der Waals surface area contributed by atoms with E-state index >= 15 is 0 Å². The molecule has 1 aliphatic rings. The lowest BCUT2D eigenvalue weighted by Gasteiger charge is -2.16. The summed E-state index contributed by atoms with van der Waals surface area (Å²) in [4.78, 5) is 20.4. The largest absolute Gasteiger partial charge is 0.481 e. The van der Waals surface area contributed by atoms with E-state index in [2.05, 4.69) is 5.29 Å². The summed E-state index contributed by atoms with van der Waals surface area (Å²) in [6.45, 7) is 0.674. The maximum Gasteiger partial charge on any atom is 0.303 e. The van der Waals surface area contributed by atoms with Crippen LogP contribution in [-0.4, -0.2) is 28.7 Å². The highest BCUT2D eigenvalue weighted by atomic mass is 16.4. The molecule has 1 fully saturated rings. The number of carboxylic acid groups (broad SMARTS) is 1. The number of hydrogen-bond donors (Lipinski definition) is 1. The second-order valence-corrected chi connectivity index (χ2v) is 2.97. The Hall–Kier alpha value is -1.13. The maximum atomic E-state index is 10.2. The minimum atomic E-state index is -0.812. The van der Waals surface area contributed by atoms with E-state index in [4.69, 9.17) is 5.11 Å². The Kier molecular flexibility index (Phi) is 3.01. The van der Waals surface area contributed by atoms with E-state index in [1.807, 2.05) is 0 Å². The van der Waals surface area contributed by atoms with E-state index < -0.39 is 5.97 Å². The molecule has 1 heterocycles. The molecular formula is C7H12N2O3. The van der Waals surface area contributed by atoms with E-state index in [-0.39, 0.29) is 12.5 Å². The fraction of sp³-hybridized carbons (Fsp3) is 0.857. The van der Waals surface area contributed by atoms with Gasteiger partial charge in [-0.1, -0.05) is 0 Å². The lowest BCUT2D eigenvalue weighted by Crippen LogP contribution is -2.24. The Bertz CT molecular complexity index is 183. The number of nitrogens with zero attached hydrogens (tertiary/aromatic N) is 2. The van der Waals surface area contributed by atoms with Crippen molar-refractivity contribution >= 4 is 5.97 Å². The number of carbonyl (C=O) groups is 1. The van der Waals surface area contributed by atoms with E-state index in [9.17, 15) is 9.70 Å². The molecule has 0 saturated carbocycles. The van der Waals surface area contributed by atoms with Gasteiger partial charge in [0.25, 0.3) is 0 Å². The van der Waals surface area contributed by atoms with Crippen LogP contribution in [-0.2, 0) is 4.79 Å². The molecule has 12 heavy (non-hydrogen) atoms. The average Bonchev–Trinajstić information content (AvgIpc) is 2.47. The smallest absolute Gasteiger partial charge is 0.303 e. The molecular weight excluding hydrogens is 160 g/mol. The summed E-state index contributed by atoms with van der Waals surface area (Å²) < 4.78 is 0. The van der Waals surface area contributed by atoms with Crippen molar-refractivity contribution in [2.45, 2.75) is 31.7 Å². The van der Waals surface area contributed by atoms with Crippen molar-refractivity contribution in [1.29, 1.82) is 0 Å². The molecule has 0 aromatic heterocycles. The first-order chi connectivity index (χ1) is 5.74. The van der Waals surface area contributed by atoms with Crippen molar-refractivity contribution in [3.63, 3.8) is 0 Å². The Labute approximate surface area is 70.3 Å². The molecule has 5 heteroatoms. The maximum absolute atomic E-state index is 10.2. The van der Waals surface area contributed by atoms with Crippen molar-refractivity contribution in [2.75, 3.05) is 6.54 Å². The second-order valence-electron chi connectivity index (χ2n) is 2.97. The topological polar surface area (TPSA) is 70.0 Å². The average molecular weight is 172 g/mol. The first kappa shape index (κ1) is 8.96. The number of rotatable bonds is 4. The van der Waals surface area contributed by atoms with Gasteiger partial charge in [0.15, 0.2) is 0 Å². The van der Waals surface area contributed by atoms with Crippen LogP contribution in [0.3, 0.4) is 0 Å². The summed E-state index contributed by atoms with van der Waals surface area (Å²) in [5.41, 5.74) is 0. The third-order valence-electron chi connectivity index (χ3n) is 2.14. The van der Waals surface area contributed by atoms with Gasteiger partial charge in [-0.15, -0.1) is 4.91 Å². The number of carboxylic acids is 1. The van der Waals surface area contributed by atoms with Gasteiger partial charge >= 0.3 is 5.97 Å². The number of nitroso groups, excluding NO2 is 1. The third kappa shape index (κ3) is 2.18. The predicted octanol–water partition coefficient (Wildman–Crippen LogP) is 0.997.